The number of rotatable bonds is 11. The summed E-state index contributed by atoms with van der Waals surface area (Å²) in [7, 11) is 4.82. The first-order valence-electron chi connectivity index (χ1n) is 11.8. The molecule has 0 spiro atoms. The van der Waals surface area contributed by atoms with Gasteiger partial charge in [-0.3, -0.25) is 0 Å². The molecule has 0 amide bonds. The molecule has 0 aromatic heterocycles. The van der Waals surface area contributed by atoms with Crippen LogP contribution in [0.15, 0.2) is 70.3 Å². The molecule has 2 rings (SSSR count). The molecule has 13 heteroatoms. The molecule has 0 saturated heterocycles. The van der Waals surface area contributed by atoms with Gasteiger partial charge in [-0.25, -0.2) is 9.79 Å². The molecule has 2 aromatic carbocycles. The second-order valence-corrected chi connectivity index (χ2v) is 8.05. The van der Waals surface area contributed by atoms with Gasteiger partial charge in [-0.2, -0.15) is 23.4 Å². The molecule has 0 unspecified atom stereocenters. The third kappa shape index (κ3) is 12.6. The number of carboxylic acids is 1. The predicted octanol–water partition coefficient (Wildman–Crippen LogP) is 5.08. The zero-order valence-electron chi connectivity index (χ0n) is 23.3. The van der Waals surface area contributed by atoms with Gasteiger partial charge in [-0.1, -0.05) is 24.8 Å². The monoisotopic (exact) mass is 568 g/mol. The number of nitrogens with one attached hydrogen (secondary N) is 2. The van der Waals surface area contributed by atoms with Gasteiger partial charge in [0.1, 0.15) is 29.7 Å². The summed E-state index contributed by atoms with van der Waals surface area (Å²) in [4.78, 5) is 17.2. The number of ether oxygens (including phenoxy) is 2. The molecule has 40 heavy (non-hydrogen) atoms. The lowest BCUT2D eigenvalue weighted by Crippen LogP contribution is -2.13. The molecule has 0 aliphatic carbocycles. The lowest BCUT2D eigenvalue weighted by Gasteiger charge is -2.12. The molecule has 5 N–H and O–H groups in total. The number of carboxylic acid groups (broad SMARTS) is 1. The average Bonchev–Trinajstić information content (AvgIpc) is 2.96. The normalized spacial score (nSPS) is 10.4. The molecule has 0 fully saturated rings. The Morgan fingerprint density at radius 3 is 2.35 bits per heavy atom. The number of allylic oxidation sites excluding steroid dienone is 1. The Hall–Kier alpha value is -4.83. The molecule has 0 heterocycles. The Morgan fingerprint density at radius 2 is 1.85 bits per heavy atom. The SMILES string of the molecule is C=C(/N=C\C(=C/N)c1ccc(C#N)c(OC)c1)Nc1cc(C(=O)O)ccc1OC.CCN(C)/C=N\N=N.CCS. The van der Waals surface area contributed by atoms with E-state index in [9.17, 15) is 4.79 Å². The molecule has 0 aliphatic rings. The van der Waals surface area contributed by atoms with Crippen LogP contribution in [0.1, 0.15) is 35.3 Å². The van der Waals surface area contributed by atoms with Crippen molar-refractivity contribution < 1.29 is 19.4 Å². The lowest BCUT2D eigenvalue weighted by molar-refractivity contribution is 0.0697. The molecule has 0 radical (unpaired) electrons. The zero-order chi connectivity index (χ0) is 30.5. The predicted molar refractivity (Wildman–Crippen MR) is 163 cm³/mol. The first-order chi connectivity index (χ1) is 19.1. The van der Waals surface area contributed by atoms with Crippen LogP contribution in [0, 0.1) is 16.9 Å². The van der Waals surface area contributed by atoms with E-state index in [1.54, 1.807) is 18.2 Å². The number of methoxy groups -OCH3 is 2. The number of hydrogen-bond acceptors (Lipinski definition) is 10. The van der Waals surface area contributed by atoms with E-state index in [0.717, 1.165) is 12.3 Å². The smallest absolute Gasteiger partial charge is 0.335 e. The highest BCUT2D eigenvalue weighted by atomic mass is 32.1. The van der Waals surface area contributed by atoms with Gasteiger partial charge >= 0.3 is 5.97 Å². The number of nitrogens with zero attached hydrogens (tertiary/aromatic N) is 5. The zero-order valence-corrected chi connectivity index (χ0v) is 24.1. The first kappa shape index (κ1) is 35.2. The van der Waals surface area contributed by atoms with Crippen molar-refractivity contribution in [3.63, 3.8) is 0 Å². The summed E-state index contributed by atoms with van der Waals surface area (Å²) in [5.41, 5.74) is 14.2. The summed E-state index contributed by atoms with van der Waals surface area (Å²) in [6, 6.07) is 11.5. The minimum Gasteiger partial charge on any atom is -0.495 e. The molecular formula is C27H36N8O4S. The van der Waals surface area contributed by atoms with Crippen LogP contribution in [0.4, 0.5) is 5.69 Å². The van der Waals surface area contributed by atoms with Crippen molar-refractivity contribution in [2.75, 3.05) is 38.9 Å². The number of hydrogen-bond donors (Lipinski definition) is 5. The van der Waals surface area contributed by atoms with Crippen molar-refractivity contribution in [3.05, 3.63) is 71.7 Å². The molecular weight excluding hydrogens is 532 g/mol. The Balaban J connectivity index is 0.00000117. The lowest BCUT2D eigenvalue weighted by atomic mass is 10.0. The van der Waals surface area contributed by atoms with Crippen molar-refractivity contribution >= 4 is 42.4 Å². The van der Waals surface area contributed by atoms with Crippen LogP contribution in [0.25, 0.3) is 5.57 Å². The van der Waals surface area contributed by atoms with Gasteiger partial charge in [-0.15, -0.1) is 5.10 Å². The highest BCUT2D eigenvalue weighted by Crippen LogP contribution is 2.27. The van der Waals surface area contributed by atoms with Crippen LogP contribution < -0.4 is 20.5 Å². The summed E-state index contributed by atoms with van der Waals surface area (Å²) in [6.45, 7) is 8.69. The fourth-order valence-electron chi connectivity index (χ4n) is 2.65. The largest absolute Gasteiger partial charge is 0.495 e. The number of nitrogens with two attached hydrogens (primary N) is 1. The van der Waals surface area contributed by atoms with Gasteiger partial charge in [0, 0.05) is 31.6 Å². The number of benzene rings is 2. The van der Waals surface area contributed by atoms with E-state index in [4.69, 9.17) is 31.1 Å². The molecule has 0 atom stereocenters. The summed E-state index contributed by atoms with van der Waals surface area (Å²) in [6.07, 6.45) is 4.36. The number of nitriles is 1. The number of carbonyl (C=O) groups is 1. The maximum absolute atomic E-state index is 11.2. The maximum atomic E-state index is 11.2. The van der Waals surface area contributed by atoms with Crippen molar-refractivity contribution in [3.8, 4) is 17.6 Å². The van der Waals surface area contributed by atoms with Crippen LogP contribution in [-0.2, 0) is 0 Å². The number of thiol groups is 1. The molecule has 0 saturated carbocycles. The summed E-state index contributed by atoms with van der Waals surface area (Å²) in [5, 5.41) is 27.3. The van der Waals surface area contributed by atoms with Gasteiger partial charge in [0.15, 0.2) is 0 Å². The van der Waals surface area contributed by atoms with Crippen LogP contribution in [0.5, 0.6) is 11.5 Å². The number of aromatic carboxylic acids is 1. The van der Waals surface area contributed by atoms with Crippen LogP contribution in [0.2, 0.25) is 0 Å². The number of aliphatic imine (C=N–C) groups is 1. The minimum atomic E-state index is -1.06. The topological polar surface area (TPSA) is 182 Å². The van der Waals surface area contributed by atoms with E-state index >= 15 is 0 Å². The van der Waals surface area contributed by atoms with E-state index in [2.05, 4.69) is 39.8 Å². The van der Waals surface area contributed by atoms with Crippen LogP contribution in [-0.4, -0.2) is 62.1 Å². The Morgan fingerprint density at radius 1 is 1.23 bits per heavy atom. The van der Waals surface area contributed by atoms with Crippen LogP contribution >= 0.6 is 12.6 Å². The Bertz CT molecular complexity index is 1260. The molecule has 2 aromatic rings. The molecule has 0 bridgehead atoms. The van der Waals surface area contributed by atoms with Crippen molar-refractivity contribution in [1.29, 1.82) is 10.8 Å². The average molecular weight is 569 g/mol. The van der Waals surface area contributed by atoms with Gasteiger partial charge in [0.2, 0.25) is 0 Å². The number of anilines is 1. The molecule has 12 nitrogen and oxygen atoms in total. The Kier molecular flexibility index (Phi) is 17.7. The quantitative estimate of drug-likeness (QED) is 0.0818. The van der Waals surface area contributed by atoms with Crippen molar-refractivity contribution in [2.24, 2.45) is 21.1 Å². The van der Waals surface area contributed by atoms with E-state index in [1.165, 1.54) is 51.2 Å². The minimum absolute atomic E-state index is 0.0947. The fraction of sp³-hybridized carbons (Fsp3) is 0.259. The molecule has 0 aliphatic heterocycles. The summed E-state index contributed by atoms with van der Waals surface area (Å²) in [5.74, 6) is 0.987. The maximum Gasteiger partial charge on any atom is 0.335 e. The Labute approximate surface area is 240 Å². The van der Waals surface area contributed by atoms with Crippen molar-refractivity contribution in [1.82, 2.24) is 4.90 Å². The van der Waals surface area contributed by atoms with E-state index in [1.807, 2.05) is 31.9 Å². The fourth-order valence-corrected chi connectivity index (χ4v) is 2.65. The van der Waals surface area contributed by atoms with Gasteiger partial charge < -0.3 is 30.5 Å². The van der Waals surface area contributed by atoms with E-state index in [0.29, 0.717) is 33.9 Å². The highest BCUT2D eigenvalue weighted by molar-refractivity contribution is 7.80. The van der Waals surface area contributed by atoms with Crippen molar-refractivity contribution in [2.45, 2.75) is 13.8 Å². The molecule has 214 valence electrons. The van der Waals surface area contributed by atoms with Gasteiger partial charge in [-0.05, 0) is 48.6 Å². The second kappa shape index (κ2) is 20.2. The first-order valence-corrected chi connectivity index (χ1v) is 12.4. The summed E-state index contributed by atoms with van der Waals surface area (Å²) >= 11 is 3.79. The van der Waals surface area contributed by atoms with Gasteiger partial charge in [0.25, 0.3) is 0 Å². The second-order valence-electron chi connectivity index (χ2n) is 7.42. The van der Waals surface area contributed by atoms with Gasteiger partial charge in [0.05, 0.1) is 31.0 Å². The summed E-state index contributed by atoms with van der Waals surface area (Å²) < 4.78 is 10.4. The highest BCUT2D eigenvalue weighted by Gasteiger charge is 2.10. The van der Waals surface area contributed by atoms with E-state index in [-0.39, 0.29) is 11.4 Å². The third-order valence-electron chi connectivity index (χ3n) is 4.73. The third-order valence-corrected chi connectivity index (χ3v) is 4.73. The standard InChI is InChI=1S/C21H20N4O4.C4H10N4.C2H6S/c1-13(25-18-8-15(21(26)27)6-7-19(18)28-2)24-12-17(11-23)14-4-5-16(10-22)20(9-14)29-3;1-3-8(2)4-6-7-5;1-2-3/h4-9,11-12,25H,1,23H2,2-3H3,(H,26,27);4-5H,3H2,1-2H3;3H,2H2,1H3/b17-11+,24-12-;6-4-,7-5?;. The van der Waals surface area contributed by atoms with Crippen LogP contribution in [0.3, 0.4) is 0 Å². The van der Waals surface area contributed by atoms with E-state index < -0.39 is 5.97 Å².